The van der Waals surface area contributed by atoms with Crippen molar-refractivity contribution in [2.45, 2.75) is 39.2 Å². The van der Waals surface area contributed by atoms with Gasteiger partial charge < -0.3 is 4.90 Å². The molecular weight excluding hydrogens is 282 g/mol. The highest BCUT2D eigenvalue weighted by atomic mass is 32.1. The lowest BCUT2D eigenvalue weighted by atomic mass is 10.0. The summed E-state index contributed by atoms with van der Waals surface area (Å²) in [5.74, 6) is 0.761. The summed E-state index contributed by atoms with van der Waals surface area (Å²) >= 11 is 1.73. The van der Waals surface area contributed by atoms with Crippen LogP contribution in [0.1, 0.15) is 36.4 Å². The second-order valence-electron chi connectivity index (χ2n) is 6.97. The first kappa shape index (κ1) is 13.7. The second kappa shape index (κ2) is 5.06. The Morgan fingerprint density at radius 2 is 2.24 bits per heavy atom. The summed E-state index contributed by atoms with van der Waals surface area (Å²) in [5.41, 5.74) is 1.50. The van der Waals surface area contributed by atoms with Crippen molar-refractivity contribution < 1.29 is 4.79 Å². The number of thiazole rings is 1. The molecule has 114 valence electrons. The van der Waals surface area contributed by atoms with Gasteiger partial charge in [-0.2, -0.15) is 0 Å². The fourth-order valence-corrected chi connectivity index (χ4v) is 4.74. The van der Waals surface area contributed by atoms with E-state index < -0.39 is 0 Å². The SMILES string of the molecule is Cc1nc(CN2CC[C@]3(C[C@@H]3C(=O)N3CCCC3)C2)cs1. The van der Waals surface area contributed by atoms with Crippen LogP contribution in [-0.2, 0) is 11.3 Å². The number of hydrogen-bond donors (Lipinski definition) is 0. The van der Waals surface area contributed by atoms with Crippen LogP contribution in [0.5, 0.6) is 0 Å². The zero-order valence-electron chi connectivity index (χ0n) is 12.7. The topological polar surface area (TPSA) is 36.4 Å². The minimum absolute atomic E-state index is 0.310. The molecule has 3 fully saturated rings. The van der Waals surface area contributed by atoms with E-state index in [2.05, 4.69) is 27.1 Å². The minimum atomic E-state index is 0.310. The summed E-state index contributed by atoms with van der Waals surface area (Å²) < 4.78 is 0. The molecule has 0 aromatic carbocycles. The molecule has 21 heavy (non-hydrogen) atoms. The molecule has 1 aromatic heterocycles. The Morgan fingerprint density at radius 1 is 1.43 bits per heavy atom. The van der Waals surface area contributed by atoms with E-state index in [9.17, 15) is 4.79 Å². The van der Waals surface area contributed by atoms with Crippen molar-refractivity contribution in [2.75, 3.05) is 26.2 Å². The van der Waals surface area contributed by atoms with E-state index in [1.807, 2.05) is 0 Å². The number of likely N-dealkylation sites (tertiary alicyclic amines) is 2. The number of amides is 1. The van der Waals surface area contributed by atoms with Crippen LogP contribution in [0.3, 0.4) is 0 Å². The summed E-state index contributed by atoms with van der Waals surface area (Å²) in [6, 6.07) is 0. The summed E-state index contributed by atoms with van der Waals surface area (Å²) in [5, 5.41) is 3.31. The summed E-state index contributed by atoms with van der Waals surface area (Å²) in [4.78, 5) is 21.7. The molecule has 0 radical (unpaired) electrons. The van der Waals surface area contributed by atoms with E-state index in [4.69, 9.17) is 0 Å². The van der Waals surface area contributed by atoms with Crippen molar-refractivity contribution in [3.05, 3.63) is 16.1 Å². The lowest BCUT2D eigenvalue weighted by Crippen LogP contribution is -2.31. The third kappa shape index (κ3) is 2.50. The van der Waals surface area contributed by atoms with Crippen LogP contribution < -0.4 is 0 Å². The average Bonchev–Trinajstić information content (AvgIpc) is 2.91. The van der Waals surface area contributed by atoms with Crippen molar-refractivity contribution in [1.29, 1.82) is 0 Å². The number of rotatable bonds is 3. The average molecular weight is 305 g/mol. The molecule has 1 aliphatic carbocycles. The van der Waals surface area contributed by atoms with Gasteiger partial charge in [0.05, 0.1) is 10.7 Å². The van der Waals surface area contributed by atoms with Gasteiger partial charge in [-0.05, 0) is 44.6 Å². The Labute approximate surface area is 130 Å². The first-order valence-corrected chi connectivity index (χ1v) is 8.96. The lowest BCUT2D eigenvalue weighted by molar-refractivity contribution is -0.132. The third-order valence-electron chi connectivity index (χ3n) is 5.42. The highest BCUT2D eigenvalue weighted by Gasteiger charge is 2.61. The van der Waals surface area contributed by atoms with E-state index in [0.717, 1.165) is 44.2 Å². The highest BCUT2D eigenvalue weighted by Crippen LogP contribution is 2.59. The van der Waals surface area contributed by atoms with Crippen LogP contribution in [0.2, 0.25) is 0 Å². The van der Waals surface area contributed by atoms with E-state index in [0.29, 0.717) is 17.2 Å². The zero-order chi connectivity index (χ0) is 14.4. The molecule has 2 saturated heterocycles. The maximum atomic E-state index is 12.5. The maximum absolute atomic E-state index is 12.5. The van der Waals surface area contributed by atoms with Gasteiger partial charge in [-0.1, -0.05) is 0 Å². The number of carbonyl (C=O) groups excluding carboxylic acids is 1. The fourth-order valence-electron chi connectivity index (χ4n) is 4.13. The molecule has 1 saturated carbocycles. The van der Waals surface area contributed by atoms with Gasteiger partial charge in [0.1, 0.15) is 0 Å². The van der Waals surface area contributed by atoms with Gasteiger partial charge in [-0.15, -0.1) is 11.3 Å². The molecule has 4 rings (SSSR count). The van der Waals surface area contributed by atoms with Gasteiger partial charge in [-0.25, -0.2) is 4.98 Å². The molecule has 3 heterocycles. The fraction of sp³-hybridized carbons (Fsp3) is 0.750. The molecular formula is C16H23N3OS. The molecule has 0 N–H and O–H groups in total. The van der Waals surface area contributed by atoms with Gasteiger partial charge in [0.15, 0.2) is 0 Å². The molecule has 4 nitrogen and oxygen atoms in total. The highest BCUT2D eigenvalue weighted by molar-refractivity contribution is 7.09. The number of hydrogen-bond acceptors (Lipinski definition) is 4. The minimum Gasteiger partial charge on any atom is -0.342 e. The number of aryl methyl sites for hydroxylation is 1. The first-order chi connectivity index (χ1) is 10.2. The van der Waals surface area contributed by atoms with E-state index in [-0.39, 0.29) is 0 Å². The molecule has 1 spiro atoms. The van der Waals surface area contributed by atoms with Crippen LogP contribution >= 0.6 is 11.3 Å². The molecule has 1 aromatic rings. The predicted molar refractivity (Wildman–Crippen MR) is 83.1 cm³/mol. The molecule has 3 aliphatic rings. The van der Waals surface area contributed by atoms with Gasteiger partial charge in [0.2, 0.25) is 5.91 Å². The molecule has 2 atom stereocenters. The summed E-state index contributed by atoms with van der Waals surface area (Å²) in [6.45, 7) is 7.22. The Kier molecular flexibility index (Phi) is 3.30. The first-order valence-electron chi connectivity index (χ1n) is 8.08. The molecule has 1 amide bonds. The number of aromatic nitrogens is 1. The predicted octanol–water partition coefficient (Wildman–Crippen LogP) is 2.29. The molecule has 0 bridgehead atoms. The normalized spacial score (nSPS) is 32.2. The Bertz CT molecular complexity index is 551. The van der Waals surface area contributed by atoms with Crippen molar-refractivity contribution in [3.8, 4) is 0 Å². The third-order valence-corrected chi connectivity index (χ3v) is 6.24. The zero-order valence-corrected chi connectivity index (χ0v) is 13.5. The quantitative estimate of drug-likeness (QED) is 0.859. The maximum Gasteiger partial charge on any atom is 0.226 e. The number of carbonyl (C=O) groups is 1. The largest absolute Gasteiger partial charge is 0.342 e. The Balaban J connectivity index is 1.35. The molecule has 5 heteroatoms. The van der Waals surface area contributed by atoms with Crippen molar-refractivity contribution in [1.82, 2.24) is 14.8 Å². The lowest BCUT2D eigenvalue weighted by Gasteiger charge is -2.18. The molecule has 2 aliphatic heterocycles. The van der Waals surface area contributed by atoms with Crippen LogP contribution in [0, 0.1) is 18.3 Å². The van der Waals surface area contributed by atoms with E-state index >= 15 is 0 Å². The Hall–Kier alpha value is -0.940. The Morgan fingerprint density at radius 3 is 2.95 bits per heavy atom. The van der Waals surface area contributed by atoms with Crippen LogP contribution in [-0.4, -0.2) is 46.9 Å². The summed E-state index contributed by atoms with van der Waals surface area (Å²) in [6.07, 6.45) is 4.71. The van der Waals surface area contributed by atoms with Crippen LogP contribution in [0.15, 0.2) is 5.38 Å². The smallest absolute Gasteiger partial charge is 0.226 e. The van der Waals surface area contributed by atoms with E-state index in [1.54, 1.807) is 11.3 Å². The monoisotopic (exact) mass is 305 g/mol. The van der Waals surface area contributed by atoms with Crippen molar-refractivity contribution in [3.63, 3.8) is 0 Å². The van der Waals surface area contributed by atoms with Crippen LogP contribution in [0.4, 0.5) is 0 Å². The van der Waals surface area contributed by atoms with Gasteiger partial charge in [0.25, 0.3) is 0 Å². The standard InChI is InChI=1S/C16H23N3OS/c1-12-17-13(10-21-12)9-18-7-4-16(11-18)8-14(16)15(20)19-5-2-3-6-19/h10,14H,2-9,11H2,1H3/t14-,16+/m1/s1. The number of nitrogens with zero attached hydrogens (tertiary/aromatic N) is 3. The molecule has 0 unspecified atom stereocenters. The van der Waals surface area contributed by atoms with Crippen LogP contribution in [0.25, 0.3) is 0 Å². The van der Waals surface area contributed by atoms with Gasteiger partial charge >= 0.3 is 0 Å². The van der Waals surface area contributed by atoms with Crippen molar-refractivity contribution >= 4 is 17.2 Å². The van der Waals surface area contributed by atoms with Crippen molar-refractivity contribution in [2.24, 2.45) is 11.3 Å². The van der Waals surface area contributed by atoms with Gasteiger partial charge in [-0.3, -0.25) is 9.69 Å². The second-order valence-corrected chi connectivity index (χ2v) is 8.03. The van der Waals surface area contributed by atoms with E-state index in [1.165, 1.54) is 25.0 Å². The summed E-state index contributed by atoms with van der Waals surface area (Å²) in [7, 11) is 0. The van der Waals surface area contributed by atoms with Gasteiger partial charge in [0, 0.05) is 37.5 Å².